The monoisotopic (exact) mass is 990 g/mol. The molecule has 1 amide bonds. The maximum Gasteiger partial charge on any atom is 0.306 e. The van der Waals surface area contributed by atoms with E-state index in [1.807, 2.05) is 0 Å². The first-order chi connectivity index (χ1) is 34.5. The fraction of sp³-hybridized carbons (Fsp3) is 0.969. The van der Waals surface area contributed by atoms with E-state index in [0.717, 1.165) is 38.5 Å². The van der Waals surface area contributed by atoms with Crippen LogP contribution < -0.4 is 5.32 Å². The Hall–Kier alpha value is -1.14. The van der Waals surface area contributed by atoms with Gasteiger partial charge >= 0.3 is 5.97 Å². The Balaban J connectivity index is 4.45. The molecule has 3 unspecified atom stereocenters. The molecule has 418 valence electrons. The minimum Gasteiger partial charge on any atom is -0.462 e. The van der Waals surface area contributed by atoms with E-state index in [1.165, 1.54) is 289 Å². The highest BCUT2D eigenvalue weighted by molar-refractivity contribution is 5.77. The molecule has 0 spiro atoms. The SMILES string of the molecule is CCCCCCCCCCCCCCCCCCCCC(=O)OC(CCCCCCCCCCCCCCCCCC)CC(=O)NC(CO)C(O)CCCCCCCCCCCCCCCCCCC. The van der Waals surface area contributed by atoms with E-state index in [9.17, 15) is 19.8 Å². The topological polar surface area (TPSA) is 95.9 Å². The van der Waals surface area contributed by atoms with Gasteiger partial charge in [0.1, 0.15) is 6.10 Å². The van der Waals surface area contributed by atoms with Crippen molar-refractivity contribution < 1.29 is 24.5 Å². The van der Waals surface area contributed by atoms with Crippen LogP contribution in [0.25, 0.3) is 0 Å². The van der Waals surface area contributed by atoms with Crippen LogP contribution in [-0.4, -0.2) is 46.9 Å². The summed E-state index contributed by atoms with van der Waals surface area (Å²) in [7, 11) is 0. The Kier molecular flexibility index (Phi) is 57.8. The molecule has 0 aromatic heterocycles. The lowest BCUT2D eigenvalue weighted by Crippen LogP contribution is -2.46. The van der Waals surface area contributed by atoms with Gasteiger partial charge in [0, 0.05) is 6.42 Å². The predicted octanol–water partition coefficient (Wildman–Crippen LogP) is 20.3. The number of rotatable bonds is 60. The van der Waals surface area contributed by atoms with Crippen LogP contribution in [-0.2, 0) is 14.3 Å². The minimum absolute atomic E-state index is 0.0892. The molecule has 0 saturated carbocycles. The van der Waals surface area contributed by atoms with Crippen LogP contribution in [0.4, 0.5) is 0 Å². The Labute approximate surface area is 438 Å². The fourth-order valence-corrected chi connectivity index (χ4v) is 10.6. The number of nitrogens with one attached hydrogen (secondary N) is 1. The van der Waals surface area contributed by atoms with E-state index in [0.29, 0.717) is 19.3 Å². The van der Waals surface area contributed by atoms with Gasteiger partial charge in [0.15, 0.2) is 0 Å². The molecular weight excluding hydrogens is 863 g/mol. The average Bonchev–Trinajstić information content (AvgIpc) is 3.35. The van der Waals surface area contributed by atoms with Crippen LogP contribution in [0.1, 0.15) is 374 Å². The van der Waals surface area contributed by atoms with Crippen molar-refractivity contribution in [1.82, 2.24) is 5.32 Å². The molecule has 0 aliphatic heterocycles. The van der Waals surface area contributed by atoms with Crippen molar-refractivity contribution >= 4 is 11.9 Å². The van der Waals surface area contributed by atoms with Crippen LogP contribution in [0.3, 0.4) is 0 Å². The van der Waals surface area contributed by atoms with E-state index in [2.05, 4.69) is 26.1 Å². The van der Waals surface area contributed by atoms with Gasteiger partial charge in [0.2, 0.25) is 5.91 Å². The smallest absolute Gasteiger partial charge is 0.306 e. The van der Waals surface area contributed by atoms with Gasteiger partial charge in [-0.1, -0.05) is 335 Å². The van der Waals surface area contributed by atoms with Crippen molar-refractivity contribution in [3.8, 4) is 0 Å². The van der Waals surface area contributed by atoms with Crippen LogP contribution in [0.2, 0.25) is 0 Å². The maximum absolute atomic E-state index is 13.3. The summed E-state index contributed by atoms with van der Waals surface area (Å²) in [5.41, 5.74) is 0. The van der Waals surface area contributed by atoms with Crippen molar-refractivity contribution in [1.29, 1.82) is 0 Å². The molecular formula is C64H127NO5. The van der Waals surface area contributed by atoms with Gasteiger partial charge in [-0.25, -0.2) is 0 Å². The molecule has 0 aliphatic carbocycles. The van der Waals surface area contributed by atoms with Gasteiger partial charge < -0.3 is 20.3 Å². The van der Waals surface area contributed by atoms with Crippen molar-refractivity contribution in [3.05, 3.63) is 0 Å². The van der Waals surface area contributed by atoms with Gasteiger partial charge in [-0.05, 0) is 25.7 Å². The third-order valence-electron chi connectivity index (χ3n) is 15.4. The molecule has 0 radical (unpaired) electrons. The first-order valence-electron chi connectivity index (χ1n) is 32.3. The van der Waals surface area contributed by atoms with Crippen LogP contribution in [0.15, 0.2) is 0 Å². The summed E-state index contributed by atoms with van der Waals surface area (Å²) >= 11 is 0. The zero-order valence-corrected chi connectivity index (χ0v) is 47.9. The third-order valence-corrected chi connectivity index (χ3v) is 15.4. The first-order valence-corrected chi connectivity index (χ1v) is 32.3. The number of carbonyl (C=O) groups excluding carboxylic acids is 2. The van der Waals surface area contributed by atoms with Crippen molar-refractivity contribution in [2.24, 2.45) is 0 Å². The number of carbonyl (C=O) groups is 2. The lowest BCUT2D eigenvalue weighted by Gasteiger charge is -2.24. The summed E-state index contributed by atoms with van der Waals surface area (Å²) in [5, 5.41) is 24.0. The zero-order chi connectivity index (χ0) is 50.9. The standard InChI is InChI=1S/C64H127NO5/c1-4-7-10-13-16-19-22-25-28-31-33-36-39-42-45-48-51-54-57-64(69)70-60(55-52-49-46-43-40-37-34-30-27-24-21-18-15-12-9-6-3)58-63(68)65-61(59-66)62(67)56-53-50-47-44-41-38-35-32-29-26-23-20-17-14-11-8-5-2/h60-62,66-67H,4-59H2,1-3H3,(H,65,68). The maximum atomic E-state index is 13.3. The van der Waals surface area contributed by atoms with E-state index >= 15 is 0 Å². The molecule has 0 bridgehead atoms. The van der Waals surface area contributed by atoms with Crippen molar-refractivity contribution in [2.45, 2.75) is 392 Å². The molecule has 3 atom stereocenters. The molecule has 0 fully saturated rings. The number of hydrogen-bond donors (Lipinski definition) is 3. The number of ether oxygens (including phenoxy) is 1. The number of unbranched alkanes of at least 4 members (excludes halogenated alkanes) is 48. The number of hydrogen-bond acceptors (Lipinski definition) is 5. The van der Waals surface area contributed by atoms with E-state index in [-0.39, 0.29) is 24.9 Å². The first kappa shape index (κ1) is 68.9. The Morgan fingerprint density at radius 3 is 0.871 bits per heavy atom. The molecule has 70 heavy (non-hydrogen) atoms. The van der Waals surface area contributed by atoms with E-state index in [1.54, 1.807) is 0 Å². The number of esters is 1. The second kappa shape index (κ2) is 58.7. The average molecular weight is 991 g/mol. The van der Waals surface area contributed by atoms with Gasteiger partial charge in [0.25, 0.3) is 0 Å². The predicted molar refractivity (Wildman–Crippen MR) is 306 cm³/mol. The summed E-state index contributed by atoms with van der Waals surface area (Å²) in [6, 6.07) is -0.694. The number of aliphatic hydroxyl groups is 2. The van der Waals surface area contributed by atoms with Crippen LogP contribution >= 0.6 is 0 Å². The lowest BCUT2D eigenvalue weighted by atomic mass is 10.0. The van der Waals surface area contributed by atoms with Crippen LogP contribution in [0, 0.1) is 0 Å². The fourth-order valence-electron chi connectivity index (χ4n) is 10.6. The summed E-state index contributed by atoms with van der Waals surface area (Å²) in [6.45, 7) is 6.56. The van der Waals surface area contributed by atoms with Crippen molar-refractivity contribution in [3.63, 3.8) is 0 Å². The number of amides is 1. The van der Waals surface area contributed by atoms with Crippen LogP contribution in [0.5, 0.6) is 0 Å². The van der Waals surface area contributed by atoms with E-state index in [4.69, 9.17) is 4.74 Å². The second-order valence-corrected chi connectivity index (χ2v) is 22.5. The van der Waals surface area contributed by atoms with E-state index < -0.39 is 18.2 Å². The Morgan fingerprint density at radius 2 is 0.600 bits per heavy atom. The molecule has 0 aromatic rings. The zero-order valence-electron chi connectivity index (χ0n) is 47.9. The summed E-state index contributed by atoms with van der Waals surface area (Å²) in [6.07, 6.45) is 67.5. The van der Waals surface area contributed by atoms with Gasteiger partial charge in [0.05, 0.1) is 25.2 Å². The molecule has 0 heterocycles. The summed E-state index contributed by atoms with van der Waals surface area (Å²) in [4.78, 5) is 26.4. The lowest BCUT2D eigenvalue weighted by molar-refractivity contribution is -0.151. The van der Waals surface area contributed by atoms with Crippen molar-refractivity contribution in [2.75, 3.05) is 6.61 Å². The second-order valence-electron chi connectivity index (χ2n) is 22.5. The quantitative estimate of drug-likeness (QED) is 0.0417. The Morgan fingerprint density at radius 1 is 0.357 bits per heavy atom. The minimum atomic E-state index is -0.781. The Bertz CT molecular complexity index is 1020. The highest BCUT2D eigenvalue weighted by atomic mass is 16.5. The molecule has 6 nitrogen and oxygen atoms in total. The third kappa shape index (κ3) is 53.2. The summed E-state index contributed by atoms with van der Waals surface area (Å²) < 4.78 is 6.00. The molecule has 0 aliphatic rings. The normalized spacial score (nSPS) is 12.9. The summed E-state index contributed by atoms with van der Waals surface area (Å²) in [5.74, 6) is -0.439. The van der Waals surface area contributed by atoms with Gasteiger partial charge in [-0.3, -0.25) is 9.59 Å². The molecule has 6 heteroatoms. The largest absolute Gasteiger partial charge is 0.462 e. The molecule has 0 rings (SSSR count). The molecule has 0 aromatic carbocycles. The van der Waals surface area contributed by atoms with Gasteiger partial charge in [-0.2, -0.15) is 0 Å². The highest BCUT2D eigenvalue weighted by Crippen LogP contribution is 2.20. The van der Waals surface area contributed by atoms with Gasteiger partial charge in [-0.15, -0.1) is 0 Å². The molecule has 3 N–H and O–H groups in total. The highest BCUT2D eigenvalue weighted by Gasteiger charge is 2.24. The molecule has 0 saturated heterocycles. The number of aliphatic hydroxyl groups excluding tert-OH is 2.